The summed E-state index contributed by atoms with van der Waals surface area (Å²) >= 11 is 0. The van der Waals surface area contributed by atoms with Crippen molar-refractivity contribution in [2.45, 2.75) is 25.8 Å². The number of carbonyl (C=O) groups is 3. The van der Waals surface area contributed by atoms with E-state index in [-0.39, 0.29) is 19.4 Å². The van der Waals surface area contributed by atoms with Gasteiger partial charge in [0.1, 0.15) is 0 Å². The maximum atomic E-state index is 11.9. The number of amides is 1. The van der Waals surface area contributed by atoms with E-state index in [2.05, 4.69) is 10.1 Å². The quantitative estimate of drug-likeness (QED) is 0.498. The molecule has 0 radical (unpaired) electrons. The van der Waals surface area contributed by atoms with Crippen LogP contribution in [0.4, 0.5) is 5.69 Å². The minimum Gasteiger partial charge on any atom is -0.481 e. The fourth-order valence-corrected chi connectivity index (χ4v) is 1.65. The van der Waals surface area contributed by atoms with Crippen LogP contribution in [0.1, 0.15) is 18.9 Å². The van der Waals surface area contributed by atoms with Crippen molar-refractivity contribution < 1.29 is 24.2 Å². The van der Waals surface area contributed by atoms with E-state index < -0.39 is 23.9 Å². The van der Waals surface area contributed by atoms with Gasteiger partial charge < -0.3 is 20.9 Å². The van der Waals surface area contributed by atoms with Crippen LogP contribution in [0.15, 0.2) is 24.3 Å². The molecule has 0 fully saturated rings. The number of anilines is 1. The summed E-state index contributed by atoms with van der Waals surface area (Å²) in [4.78, 5) is 33.9. The van der Waals surface area contributed by atoms with Crippen LogP contribution >= 0.6 is 0 Å². The van der Waals surface area contributed by atoms with Crippen LogP contribution in [-0.4, -0.2) is 35.6 Å². The van der Waals surface area contributed by atoms with Crippen LogP contribution in [0.5, 0.6) is 0 Å². The first-order valence-corrected chi connectivity index (χ1v) is 6.48. The smallest absolute Gasteiger partial charge is 0.332 e. The van der Waals surface area contributed by atoms with Crippen LogP contribution in [0.25, 0.3) is 0 Å². The summed E-state index contributed by atoms with van der Waals surface area (Å²) in [6.45, 7) is 1.75. The lowest BCUT2D eigenvalue weighted by molar-refractivity contribution is -0.147. The van der Waals surface area contributed by atoms with Gasteiger partial charge in [-0.15, -0.1) is 0 Å². The standard InChI is InChI=1S/C14H18N2O5/c1-2-21-14(20)12(15)13(19)16-10-6-4-3-5-9(10)7-8-11(17)18/h3-6,12H,2,7-8,15H2,1H3,(H,16,19)(H,17,18). The largest absolute Gasteiger partial charge is 0.481 e. The fraction of sp³-hybridized carbons (Fsp3) is 0.357. The molecular weight excluding hydrogens is 276 g/mol. The molecule has 0 aromatic heterocycles. The Kier molecular flexibility index (Phi) is 6.35. The Bertz CT molecular complexity index is 530. The van der Waals surface area contributed by atoms with E-state index in [1.54, 1.807) is 31.2 Å². The average molecular weight is 294 g/mol. The van der Waals surface area contributed by atoms with Crippen molar-refractivity contribution in [3.63, 3.8) is 0 Å². The van der Waals surface area contributed by atoms with Gasteiger partial charge >= 0.3 is 11.9 Å². The number of ether oxygens (including phenoxy) is 1. The van der Waals surface area contributed by atoms with E-state index >= 15 is 0 Å². The van der Waals surface area contributed by atoms with Crippen molar-refractivity contribution in [3.05, 3.63) is 29.8 Å². The first-order valence-electron chi connectivity index (χ1n) is 6.48. The third-order valence-electron chi connectivity index (χ3n) is 2.71. The number of aliphatic carboxylic acids is 1. The highest BCUT2D eigenvalue weighted by molar-refractivity contribution is 6.08. The molecule has 0 aliphatic rings. The summed E-state index contributed by atoms with van der Waals surface area (Å²) in [7, 11) is 0. The third kappa shape index (κ3) is 5.23. The zero-order valence-electron chi connectivity index (χ0n) is 11.7. The lowest BCUT2D eigenvalue weighted by Crippen LogP contribution is -2.43. The summed E-state index contributed by atoms with van der Waals surface area (Å²) in [5, 5.41) is 11.2. The van der Waals surface area contributed by atoms with E-state index in [1.807, 2.05) is 0 Å². The van der Waals surface area contributed by atoms with Crippen molar-refractivity contribution in [1.29, 1.82) is 0 Å². The Hall–Kier alpha value is -2.41. The molecule has 0 heterocycles. The number of nitrogens with one attached hydrogen (secondary N) is 1. The van der Waals surface area contributed by atoms with Gasteiger partial charge in [-0.3, -0.25) is 9.59 Å². The average Bonchev–Trinajstić information content (AvgIpc) is 2.45. The predicted octanol–water partition coefficient (Wildman–Crippen LogP) is 0.533. The van der Waals surface area contributed by atoms with Gasteiger partial charge in [0.05, 0.1) is 6.61 Å². The van der Waals surface area contributed by atoms with Crippen LogP contribution in [0, 0.1) is 0 Å². The van der Waals surface area contributed by atoms with Crippen LogP contribution in [0.3, 0.4) is 0 Å². The molecule has 1 aromatic rings. The minimum atomic E-state index is -1.42. The first kappa shape index (κ1) is 16.6. The molecule has 0 aliphatic carbocycles. The molecule has 0 aliphatic heterocycles. The second-order valence-corrected chi connectivity index (χ2v) is 4.27. The second kappa shape index (κ2) is 8.01. The van der Waals surface area contributed by atoms with Gasteiger partial charge in [-0.1, -0.05) is 18.2 Å². The third-order valence-corrected chi connectivity index (χ3v) is 2.71. The normalized spacial score (nSPS) is 11.5. The molecule has 1 unspecified atom stereocenters. The van der Waals surface area contributed by atoms with E-state index in [4.69, 9.17) is 10.8 Å². The molecule has 7 nitrogen and oxygen atoms in total. The lowest BCUT2D eigenvalue weighted by Gasteiger charge is -2.13. The summed E-state index contributed by atoms with van der Waals surface area (Å²) in [6.07, 6.45) is 0.206. The Labute approximate surface area is 122 Å². The number of carboxylic acids is 1. The molecule has 21 heavy (non-hydrogen) atoms. The van der Waals surface area contributed by atoms with Crippen molar-refractivity contribution in [2.75, 3.05) is 11.9 Å². The number of rotatable bonds is 7. The molecule has 0 bridgehead atoms. The van der Waals surface area contributed by atoms with Crippen molar-refractivity contribution >= 4 is 23.5 Å². The Morgan fingerprint density at radius 1 is 1.33 bits per heavy atom. The monoisotopic (exact) mass is 294 g/mol. The maximum absolute atomic E-state index is 11.9. The SMILES string of the molecule is CCOC(=O)C(N)C(=O)Nc1ccccc1CCC(=O)O. The van der Waals surface area contributed by atoms with Gasteiger partial charge in [-0.05, 0) is 25.0 Å². The van der Waals surface area contributed by atoms with Gasteiger partial charge in [-0.2, -0.15) is 0 Å². The van der Waals surface area contributed by atoms with Crippen LogP contribution in [0.2, 0.25) is 0 Å². The van der Waals surface area contributed by atoms with Crippen LogP contribution in [-0.2, 0) is 25.5 Å². The van der Waals surface area contributed by atoms with E-state index in [1.165, 1.54) is 0 Å². The number of hydrogen-bond acceptors (Lipinski definition) is 5. The van der Waals surface area contributed by atoms with E-state index in [9.17, 15) is 14.4 Å². The highest BCUT2D eigenvalue weighted by atomic mass is 16.5. The Morgan fingerprint density at radius 2 is 2.00 bits per heavy atom. The lowest BCUT2D eigenvalue weighted by atomic mass is 10.1. The number of para-hydroxylation sites is 1. The summed E-state index contributed by atoms with van der Waals surface area (Å²) < 4.78 is 4.67. The fourth-order valence-electron chi connectivity index (χ4n) is 1.65. The highest BCUT2D eigenvalue weighted by Crippen LogP contribution is 2.17. The number of nitrogens with two attached hydrogens (primary N) is 1. The molecule has 1 aromatic carbocycles. The molecule has 0 saturated carbocycles. The summed E-state index contributed by atoms with van der Waals surface area (Å²) in [6, 6.07) is 5.33. The number of carboxylic acid groups (broad SMARTS) is 1. The number of carbonyl (C=O) groups excluding carboxylic acids is 2. The topological polar surface area (TPSA) is 119 Å². The Balaban J connectivity index is 2.75. The van der Waals surface area contributed by atoms with Gasteiger partial charge in [0.15, 0.2) is 6.04 Å². The van der Waals surface area contributed by atoms with E-state index in [0.29, 0.717) is 11.3 Å². The number of benzene rings is 1. The first-order chi connectivity index (χ1) is 9.95. The van der Waals surface area contributed by atoms with Gasteiger partial charge in [0.25, 0.3) is 5.91 Å². The molecule has 0 saturated heterocycles. The molecule has 4 N–H and O–H groups in total. The Morgan fingerprint density at radius 3 is 2.62 bits per heavy atom. The molecule has 7 heteroatoms. The summed E-state index contributed by atoms with van der Waals surface area (Å²) in [5.41, 5.74) is 6.58. The van der Waals surface area contributed by atoms with E-state index in [0.717, 1.165) is 0 Å². The molecule has 114 valence electrons. The van der Waals surface area contributed by atoms with Crippen molar-refractivity contribution in [2.24, 2.45) is 5.73 Å². The highest BCUT2D eigenvalue weighted by Gasteiger charge is 2.23. The molecule has 1 atom stereocenters. The molecule has 0 spiro atoms. The predicted molar refractivity (Wildman–Crippen MR) is 75.6 cm³/mol. The molecule has 1 amide bonds. The van der Waals surface area contributed by atoms with Gasteiger partial charge in [0.2, 0.25) is 0 Å². The number of aryl methyl sites for hydroxylation is 1. The summed E-state index contributed by atoms with van der Waals surface area (Å²) in [5.74, 6) is -2.44. The minimum absolute atomic E-state index is 0.0587. The van der Waals surface area contributed by atoms with Crippen LogP contribution < -0.4 is 11.1 Å². The van der Waals surface area contributed by atoms with Crippen molar-refractivity contribution in [1.82, 2.24) is 0 Å². The van der Waals surface area contributed by atoms with Gasteiger partial charge in [0, 0.05) is 12.1 Å². The maximum Gasteiger partial charge on any atom is 0.332 e. The number of esters is 1. The van der Waals surface area contributed by atoms with Crippen molar-refractivity contribution in [3.8, 4) is 0 Å². The second-order valence-electron chi connectivity index (χ2n) is 4.27. The molecule has 1 rings (SSSR count). The number of hydrogen-bond donors (Lipinski definition) is 3. The zero-order chi connectivity index (χ0) is 15.8. The molecular formula is C14H18N2O5. The zero-order valence-corrected chi connectivity index (χ0v) is 11.7. The van der Waals surface area contributed by atoms with Gasteiger partial charge in [-0.25, -0.2) is 4.79 Å².